The molecule has 1 aromatic carbocycles. The number of nitrogens with two attached hydrogens (primary N) is 1. The number of hydrogen-bond acceptors (Lipinski definition) is 6. The number of halogens is 1. The lowest BCUT2D eigenvalue weighted by molar-refractivity contribution is 0.0995. The van der Waals surface area contributed by atoms with Crippen LogP contribution >= 0.6 is 0 Å². The summed E-state index contributed by atoms with van der Waals surface area (Å²) in [5.41, 5.74) is 6.07. The summed E-state index contributed by atoms with van der Waals surface area (Å²) in [5, 5.41) is 0. The largest absolute Gasteiger partial charge is 0.368 e. The van der Waals surface area contributed by atoms with Crippen molar-refractivity contribution in [2.75, 3.05) is 31.1 Å². The van der Waals surface area contributed by atoms with Crippen molar-refractivity contribution in [3.63, 3.8) is 0 Å². The molecule has 3 aromatic rings. The highest BCUT2D eigenvalue weighted by Crippen LogP contribution is 2.21. The van der Waals surface area contributed by atoms with Gasteiger partial charge in [0, 0.05) is 41.0 Å². The molecule has 3 N–H and O–H groups in total. The van der Waals surface area contributed by atoms with Gasteiger partial charge in [-0.3, -0.25) is 14.5 Å². The highest BCUT2D eigenvalue weighted by molar-refractivity contribution is 5.90. The van der Waals surface area contributed by atoms with E-state index in [9.17, 15) is 9.59 Å². The van der Waals surface area contributed by atoms with Gasteiger partial charge < -0.3 is 15.6 Å². The minimum absolute atomic E-state index is 0.0900. The zero-order valence-corrected chi connectivity index (χ0v) is 16.5. The van der Waals surface area contributed by atoms with E-state index in [1.807, 2.05) is 4.90 Å². The van der Waals surface area contributed by atoms with E-state index in [-0.39, 0.29) is 22.3 Å². The van der Waals surface area contributed by atoms with Gasteiger partial charge in [0.05, 0.1) is 17.4 Å². The van der Waals surface area contributed by atoms with Crippen LogP contribution in [-0.4, -0.2) is 51.9 Å². The Morgan fingerprint density at radius 3 is 2.67 bits per heavy atom. The molecular weight excluding hydrogens is 387 g/mol. The summed E-state index contributed by atoms with van der Waals surface area (Å²) in [5.74, 6) is -1.41. The maximum absolute atomic E-state index is 15.2. The molecule has 0 aliphatic carbocycles. The van der Waals surface area contributed by atoms with Crippen LogP contribution in [0.3, 0.4) is 0 Å². The lowest BCUT2D eigenvalue weighted by atomic mass is 10.1. The molecule has 156 valence electrons. The van der Waals surface area contributed by atoms with E-state index in [2.05, 4.69) is 15.0 Å². The molecule has 9 heteroatoms. The third kappa shape index (κ3) is 3.88. The number of anilines is 1. The fraction of sp³-hybridized carbons (Fsp3) is 0.333. The van der Waals surface area contributed by atoms with Crippen LogP contribution in [0.4, 0.5) is 10.1 Å². The number of carbonyl (C=O) groups excluding carboxylic acids is 1. The second-order valence-electron chi connectivity index (χ2n) is 7.04. The van der Waals surface area contributed by atoms with Gasteiger partial charge >= 0.3 is 0 Å². The molecule has 0 unspecified atom stereocenters. The molecule has 0 atom stereocenters. The normalized spacial score (nSPS) is 16.4. The van der Waals surface area contributed by atoms with Gasteiger partial charge in [0.1, 0.15) is 16.9 Å². The van der Waals surface area contributed by atoms with E-state index >= 15 is 4.39 Å². The van der Waals surface area contributed by atoms with Crippen LogP contribution in [0.1, 0.15) is 31.4 Å². The molecule has 30 heavy (non-hydrogen) atoms. The van der Waals surface area contributed by atoms with Gasteiger partial charge in [-0.25, -0.2) is 14.4 Å². The number of rotatable bonds is 5. The van der Waals surface area contributed by atoms with Crippen molar-refractivity contribution in [2.45, 2.75) is 19.8 Å². The predicted octanol–water partition coefficient (Wildman–Crippen LogP) is 1.44. The summed E-state index contributed by atoms with van der Waals surface area (Å²) < 4.78 is 32.5. The number of nitrogens with zero attached hydrogens (tertiary/aromatic N) is 4. The molecule has 1 amide bonds. The number of aromatic amines is 1. The molecule has 4 rings (SSSR count). The first-order valence-corrected chi connectivity index (χ1v) is 9.70. The van der Waals surface area contributed by atoms with E-state index in [1.54, 1.807) is 30.2 Å². The van der Waals surface area contributed by atoms with E-state index in [0.29, 0.717) is 38.3 Å². The van der Waals surface area contributed by atoms with Crippen molar-refractivity contribution in [2.24, 2.45) is 5.73 Å². The van der Waals surface area contributed by atoms with Gasteiger partial charge in [0.15, 0.2) is 5.82 Å². The first-order chi connectivity index (χ1) is 15.2. The van der Waals surface area contributed by atoms with Crippen molar-refractivity contribution >= 4 is 22.6 Å². The fourth-order valence-corrected chi connectivity index (χ4v) is 3.45. The summed E-state index contributed by atoms with van der Waals surface area (Å²) in [6, 6.07) is 6.21. The van der Waals surface area contributed by atoms with Crippen molar-refractivity contribution in [3.05, 3.63) is 63.6 Å². The SMILES string of the molecule is [2H]C([2H])(c1ccc2nc(CC)c(=O)[nH]c2c1F)N1CCN(c2ccc(C(N)=O)nc2)CC1. The minimum atomic E-state index is -2.08. The molecule has 0 radical (unpaired) electrons. The number of amides is 1. The molecule has 1 aliphatic heterocycles. The number of fused-ring (bicyclic) bond motifs is 1. The highest BCUT2D eigenvalue weighted by atomic mass is 19.1. The maximum Gasteiger partial charge on any atom is 0.270 e. The number of H-pyrrole nitrogens is 1. The molecule has 3 heterocycles. The fourth-order valence-electron chi connectivity index (χ4n) is 3.45. The lowest BCUT2D eigenvalue weighted by Crippen LogP contribution is -2.46. The van der Waals surface area contributed by atoms with Crippen LogP contribution in [0.2, 0.25) is 0 Å². The third-order valence-electron chi connectivity index (χ3n) is 5.13. The van der Waals surface area contributed by atoms with Crippen LogP contribution in [0.25, 0.3) is 11.0 Å². The second-order valence-corrected chi connectivity index (χ2v) is 7.04. The molecule has 1 fully saturated rings. The van der Waals surface area contributed by atoms with Gasteiger partial charge in [-0.2, -0.15) is 0 Å². The lowest BCUT2D eigenvalue weighted by Gasteiger charge is -2.36. The van der Waals surface area contributed by atoms with E-state index < -0.39 is 23.8 Å². The van der Waals surface area contributed by atoms with Gasteiger partial charge in [0.2, 0.25) is 0 Å². The highest BCUT2D eigenvalue weighted by Gasteiger charge is 2.20. The van der Waals surface area contributed by atoms with E-state index in [4.69, 9.17) is 8.48 Å². The Bertz CT molecular complexity index is 1220. The quantitative estimate of drug-likeness (QED) is 0.657. The Morgan fingerprint density at radius 1 is 1.27 bits per heavy atom. The average Bonchev–Trinajstić information content (AvgIpc) is 2.79. The summed E-state index contributed by atoms with van der Waals surface area (Å²) in [6.07, 6.45) is 1.97. The standard InChI is InChI=1S/C21H23FN6O2/c1-2-15-21(30)26-19-16(25-15)5-3-13(18(19)22)12-27-7-9-28(10-8-27)14-4-6-17(20(23)29)24-11-14/h3-6,11H,2,7-10,12H2,1H3,(H2,23,29)(H,26,30)/i12D2. The number of pyridine rings is 1. The van der Waals surface area contributed by atoms with Crippen LogP contribution in [0, 0.1) is 5.82 Å². The molecule has 1 aliphatic rings. The number of benzene rings is 1. The van der Waals surface area contributed by atoms with Crippen LogP contribution in [0.15, 0.2) is 35.3 Å². The number of aromatic nitrogens is 3. The van der Waals surface area contributed by atoms with Crippen molar-refractivity contribution in [1.82, 2.24) is 19.9 Å². The number of primary amides is 1. The zero-order chi connectivity index (χ0) is 23.0. The second kappa shape index (κ2) is 8.19. The van der Waals surface area contributed by atoms with E-state index in [0.717, 1.165) is 5.69 Å². The smallest absolute Gasteiger partial charge is 0.270 e. The zero-order valence-electron chi connectivity index (χ0n) is 18.5. The topological polar surface area (TPSA) is 108 Å². The number of aryl methyl sites for hydroxylation is 1. The third-order valence-corrected chi connectivity index (χ3v) is 5.13. The Kier molecular flexibility index (Phi) is 4.78. The summed E-state index contributed by atoms with van der Waals surface area (Å²) in [4.78, 5) is 37.6. The van der Waals surface area contributed by atoms with Crippen molar-refractivity contribution in [3.8, 4) is 0 Å². The van der Waals surface area contributed by atoms with Gasteiger partial charge in [-0.05, 0) is 24.6 Å². The Balaban J connectivity index is 1.55. The predicted molar refractivity (Wildman–Crippen MR) is 112 cm³/mol. The first kappa shape index (κ1) is 17.5. The minimum Gasteiger partial charge on any atom is -0.368 e. The van der Waals surface area contributed by atoms with E-state index in [1.165, 1.54) is 12.1 Å². The van der Waals surface area contributed by atoms with Crippen LogP contribution in [0.5, 0.6) is 0 Å². The molecule has 0 saturated carbocycles. The summed E-state index contributed by atoms with van der Waals surface area (Å²) in [7, 11) is 0. The Hall–Kier alpha value is -3.33. The van der Waals surface area contributed by atoms with Crippen molar-refractivity contribution < 1.29 is 11.9 Å². The number of hydrogen-bond donors (Lipinski definition) is 2. The number of piperazine rings is 1. The summed E-state index contributed by atoms with van der Waals surface area (Å²) >= 11 is 0. The Labute approximate surface area is 175 Å². The summed E-state index contributed by atoms with van der Waals surface area (Å²) in [6.45, 7) is 1.36. The Morgan fingerprint density at radius 2 is 2.03 bits per heavy atom. The van der Waals surface area contributed by atoms with Gasteiger partial charge in [0.25, 0.3) is 11.5 Å². The van der Waals surface area contributed by atoms with Gasteiger partial charge in [-0.15, -0.1) is 0 Å². The average molecular weight is 412 g/mol. The molecule has 8 nitrogen and oxygen atoms in total. The number of nitrogens with one attached hydrogen (secondary N) is 1. The molecular formula is C21H23FN6O2. The van der Waals surface area contributed by atoms with Crippen LogP contribution < -0.4 is 16.2 Å². The maximum atomic E-state index is 15.2. The molecule has 0 spiro atoms. The number of carbonyl (C=O) groups is 1. The first-order valence-electron chi connectivity index (χ1n) is 10.7. The molecule has 1 saturated heterocycles. The van der Waals surface area contributed by atoms with Gasteiger partial charge in [-0.1, -0.05) is 13.0 Å². The molecule has 0 bridgehead atoms. The van der Waals surface area contributed by atoms with Crippen LogP contribution in [-0.2, 0) is 12.9 Å². The molecule has 2 aromatic heterocycles. The monoisotopic (exact) mass is 412 g/mol. The van der Waals surface area contributed by atoms with Crippen molar-refractivity contribution in [1.29, 1.82) is 0 Å².